The molecule has 0 fully saturated rings. The molecule has 0 saturated carbocycles. The molecule has 15 heavy (non-hydrogen) atoms. The van der Waals surface area contributed by atoms with Crippen LogP contribution in [0, 0.1) is 12.8 Å². The predicted octanol–water partition coefficient (Wildman–Crippen LogP) is 0.730. The van der Waals surface area contributed by atoms with Crippen molar-refractivity contribution in [3.63, 3.8) is 0 Å². The number of oxazole rings is 1. The molecule has 2 unspecified atom stereocenters. The lowest BCUT2D eigenvalue weighted by molar-refractivity contribution is 0.0887. The number of hydrogen-bond acceptors (Lipinski definition) is 4. The second-order valence-corrected chi connectivity index (χ2v) is 3.69. The Kier molecular flexibility index (Phi) is 3.85. The molecule has 1 rings (SSSR count). The number of hydrogen-bond donors (Lipinski definition) is 2. The van der Waals surface area contributed by atoms with Gasteiger partial charge in [0.1, 0.15) is 0 Å². The maximum atomic E-state index is 11.6. The Balaban J connectivity index is 2.60. The third-order valence-electron chi connectivity index (χ3n) is 2.45. The molecule has 84 valence electrons. The van der Waals surface area contributed by atoms with Gasteiger partial charge in [-0.2, -0.15) is 0 Å². The van der Waals surface area contributed by atoms with Gasteiger partial charge in [0.05, 0.1) is 5.69 Å². The minimum atomic E-state index is -0.294. The van der Waals surface area contributed by atoms with E-state index in [2.05, 4.69) is 10.3 Å². The fourth-order valence-corrected chi connectivity index (χ4v) is 1.09. The van der Waals surface area contributed by atoms with Crippen molar-refractivity contribution in [2.24, 2.45) is 5.92 Å². The summed E-state index contributed by atoms with van der Waals surface area (Å²) in [6.45, 7) is 5.44. The molecule has 0 aliphatic carbocycles. The van der Waals surface area contributed by atoms with E-state index in [4.69, 9.17) is 9.52 Å². The Hall–Kier alpha value is -1.36. The molecule has 1 aromatic heterocycles. The summed E-state index contributed by atoms with van der Waals surface area (Å²) in [6.07, 6.45) is 1.24. The van der Waals surface area contributed by atoms with E-state index >= 15 is 0 Å². The molecule has 5 nitrogen and oxygen atoms in total. The normalized spacial score (nSPS) is 14.7. The summed E-state index contributed by atoms with van der Waals surface area (Å²) in [6, 6.07) is -0.105. The third-order valence-corrected chi connectivity index (χ3v) is 2.45. The van der Waals surface area contributed by atoms with Crippen molar-refractivity contribution in [3.8, 4) is 0 Å². The van der Waals surface area contributed by atoms with E-state index < -0.39 is 0 Å². The van der Waals surface area contributed by atoms with Gasteiger partial charge in [0, 0.05) is 12.6 Å². The molecule has 0 aliphatic heterocycles. The van der Waals surface area contributed by atoms with Crippen molar-refractivity contribution in [1.82, 2.24) is 10.3 Å². The average molecular weight is 212 g/mol. The molecule has 1 aromatic rings. The van der Waals surface area contributed by atoms with Crippen LogP contribution in [-0.2, 0) is 0 Å². The molecule has 2 atom stereocenters. The lowest BCUT2D eigenvalue weighted by Crippen LogP contribution is -2.38. The topological polar surface area (TPSA) is 75.4 Å². The highest BCUT2D eigenvalue weighted by Gasteiger charge is 2.18. The highest BCUT2D eigenvalue weighted by molar-refractivity contribution is 5.92. The number of aryl methyl sites for hydroxylation is 1. The molecule has 2 N–H and O–H groups in total. The van der Waals surface area contributed by atoms with Gasteiger partial charge in [0.2, 0.25) is 5.76 Å². The van der Waals surface area contributed by atoms with E-state index in [0.29, 0.717) is 5.69 Å². The van der Waals surface area contributed by atoms with Crippen LogP contribution in [0.4, 0.5) is 0 Å². The first-order chi connectivity index (χ1) is 7.06. The smallest absolute Gasteiger partial charge is 0.289 e. The van der Waals surface area contributed by atoms with Gasteiger partial charge in [-0.1, -0.05) is 6.92 Å². The third kappa shape index (κ3) is 2.79. The maximum Gasteiger partial charge on any atom is 0.289 e. The summed E-state index contributed by atoms with van der Waals surface area (Å²) in [5.74, 6) is -0.0537. The second-order valence-electron chi connectivity index (χ2n) is 3.69. The van der Waals surface area contributed by atoms with Crippen molar-refractivity contribution in [2.75, 3.05) is 6.61 Å². The zero-order valence-electron chi connectivity index (χ0n) is 9.15. The van der Waals surface area contributed by atoms with E-state index in [1.54, 1.807) is 6.92 Å². The summed E-state index contributed by atoms with van der Waals surface area (Å²) in [5.41, 5.74) is 0.566. The van der Waals surface area contributed by atoms with Crippen LogP contribution in [0.3, 0.4) is 0 Å². The van der Waals surface area contributed by atoms with Gasteiger partial charge >= 0.3 is 0 Å². The lowest BCUT2D eigenvalue weighted by Gasteiger charge is -2.18. The summed E-state index contributed by atoms with van der Waals surface area (Å²) in [5, 5.41) is 11.7. The van der Waals surface area contributed by atoms with E-state index in [9.17, 15) is 4.79 Å². The molecule has 5 heteroatoms. The van der Waals surface area contributed by atoms with Crippen molar-refractivity contribution < 1.29 is 14.3 Å². The molecule has 0 saturated heterocycles. The van der Waals surface area contributed by atoms with Crippen LogP contribution in [0.5, 0.6) is 0 Å². The predicted molar refractivity (Wildman–Crippen MR) is 54.4 cm³/mol. The molecule has 0 aromatic carbocycles. The van der Waals surface area contributed by atoms with E-state index in [1.807, 2.05) is 13.8 Å². The number of rotatable bonds is 4. The largest absolute Gasteiger partial charge is 0.438 e. The molecule has 0 radical (unpaired) electrons. The highest BCUT2D eigenvalue weighted by atomic mass is 16.3. The average Bonchev–Trinajstić information content (AvgIpc) is 2.63. The van der Waals surface area contributed by atoms with Crippen LogP contribution in [0.1, 0.15) is 30.1 Å². The number of amides is 1. The van der Waals surface area contributed by atoms with Crippen LogP contribution in [-0.4, -0.2) is 28.6 Å². The summed E-state index contributed by atoms with van der Waals surface area (Å²) in [7, 11) is 0. The second kappa shape index (κ2) is 4.93. The first kappa shape index (κ1) is 11.7. The first-order valence-corrected chi connectivity index (χ1v) is 4.88. The minimum absolute atomic E-state index is 0.0113. The van der Waals surface area contributed by atoms with Gasteiger partial charge in [-0.3, -0.25) is 4.79 Å². The fourth-order valence-electron chi connectivity index (χ4n) is 1.09. The Morgan fingerprint density at radius 3 is 2.80 bits per heavy atom. The number of carbonyl (C=O) groups excluding carboxylic acids is 1. The van der Waals surface area contributed by atoms with Crippen LogP contribution in [0.15, 0.2) is 10.8 Å². The highest BCUT2D eigenvalue weighted by Crippen LogP contribution is 2.07. The van der Waals surface area contributed by atoms with Crippen LogP contribution in [0.25, 0.3) is 0 Å². The Morgan fingerprint density at radius 2 is 2.33 bits per heavy atom. The number of aliphatic hydroxyl groups is 1. The molecule has 0 spiro atoms. The van der Waals surface area contributed by atoms with Crippen LogP contribution in [0.2, 0.25) is 0 Å². The van der Waals surface area contributed by atoms with Gasteiger partial charge in [0.25, 0.3) is 5.91 Å². The van der Waals surface area contributed by atoms with Gasteiger partial charge < -0.3 is 14.8 Å². The number of aliphatic hydroxyl groups excluding tert-OH is 1. The van der Waals surface area contributed by atoms with Crippen molar-refractivity contribution >= 4 is 5.91 Å². The van der Waals surface area contributed by atoms with Crippen LogP contribution >= 0.6 is 0 Å². The first-order valence-electron chi connectivity index (χ1n) is 4.88. The quantitative estimate of drug-likeness (QED) is 0.771. The van der Waals surface area contributed by atoms with E-state index in [1.165, 1.54) is 6.39 Å². The van der Waals surface area contributed by atoms with Crippen molar-refractivity contribution in [2.45, 2.75) is 26.8 Å². The fraction of sp³-hybridized carbons (Fsp3) is 0.600. The van der Waals surface area contributed by atoms with Crippen LogP contribution < -0.4 is 5.32 Å². The summed E-state index contributed by atoms with van der Waals surface area (Å²) >= 11 is 0. The Morgan fingerprint density at radius 1 is 1.67 bits per heavy atom. The van der Waals surface area contributed by atoms with Gasteiger partial charge in [-0.25, -0.2) is 4.98 Å². The number of nitrogens with one attached hydrogen (secondary N) is 1. The van der Waals surface area contributed by atoms with Gasteiger partial charge in [-0.15, -0.1) is 0 Å². The lowest BCUT2D eigenvalue weighted by atomic mass is 10.1. The summed E-state index contributed by atoms with van der Waals surface area (Å²) < 4.78 is 4.95. The molecular weight excluding hydrogens is 196 g/mol. The van der Waals surface area contributed by atoms with Gasteiger partial charge in [-0.05, 0) is 19.8 Å². The number of nitrogens with zero attached hydrogens (tertiary/aromatic N) is 1. The molecule has 1 heterocycles. The zero-order chi connectivity index (χ0) is 11.4. The SMILES string of the molecule is Cc1ncoc1C(=O)NC(C)C(C)CO. The number of carbonyl (C=O) groups is 1. The summed E-state index contributed by atoms with van der Waals surface area (Å²) in [4.78, 5) is 15.5. The molecular formula is C10H16N2O3. The van der Waals surface area contributed by atoms with Gasteiger partial charge in [0.15, 0.2) is 6.39 Å². The minimum Gasteiger partial charge on any atom is -0.438 e. The Labute approximate surface area is 88.5 Å². The van der Waals surface area contributed by atoms with Crippen molar-refractivity contribution in [1.29, 1.82) is 0 Å². The molecule has 1 amide bonds. The van der Waals surface area contributed by atoms with E-state index in [-0.39, 0.29) is 30.2 Å². The molecule has 0 aliphatic rings. The monoisotopic (exact) mass is 212 g/mol. The molecule has 0 bridgehead atoms. The zero-order valence-corrected chi connectivity index (χ0v) is 9.15. The Bertz CT molecular complexity index is 335. The van der Waals surface area contributed by atoms with E-state index in [0.717, 1.165) is 0 Å². The maximum absolute atomic E-state index is 11.6. The number of aromatic nitrogens is 1. The van der Waals surface area contributed by atoms with Crippen molar-refractivity contribution in [3.05, 3.63) is 17.8 Å². The standard InChI is InChI=1S/C10H16N2O3/c1-6(4-13)7(2)12-10(14)9-8(3)11-5-15-9/h5-7,13H,4H2,1-3H3,(H,12,14).